The van der Waals surface area contributed by atoms with Crippen molar-refractivity contribution in [1.29, 1.82) is 0 Å². The predicted octanol–water partition coefficient (Wildman–Crippen LogP) is 2.13. The molecule has 2 N–H and O–H groups in total. The lowest BCUT2D eigenvalue weighted by atomic mass is 10.5. The molecule has 0 bridgehead atoms. The average molecular weight is 144 g/mol. The first-order valence-corrected chi connectivity index (χ1v) is 3.99. The molecule has 10 heavy (non-hydrogen) atoms. The summed E-state index contributed by atoms with van der Waals surface area (Å²) in [5.41, 5.74) is 0. The van der Waals surface area contributed by atoms with Crippen LogP contribution in [0.4, 0.5) is 0 Å². The Balaban J connectivity index is 0. The minimum absolute atomic E-state index is 0.872. The first kappa shape index (κ1) is 12.2. The summed E-state index contributed by atoms with van der Waals surface area (Å²) in [4.78, 5) is 0. The first-order chi connectivity index (χ1) is 4.81. The topological polar surface area (TPSA) is 29.3 Å². The number of hydrazine groups is 1. The van der Waals surface area contributed by atoms with Gasteiger partial charge in [-0.25, -0.2) is 5.84 Å². The van der Waals surface area contributed by atoms with E-state index in [1.165, 1.54) is 0 Å². The molecule has 0 heterocycles. The number of rotatable bonds is 3. The highest BCUT2D eigenvalue weighted by molar-refractivity contribution is 4.76. The molecule has 62 valence electrons. The van der Waals surface area contributed by atoms with Gasteiger partial charge in [0.15, 0.2) is 0 Å². The van der Waals surface area contributed by atoms with Crippen LogP contribution in [0.15, 0.2) is 12.3 Å². The zero-order valence-electron chi connectivity index (χ0n) is 7.59. The molecule has 0 atom stereocenters. The summed E-state index contributed by atoms with van der Waals surface area (Å²) in [6.45, 7) is 8.97. The van der Waals surface area contributed by atoms with Gasteiger partial charge in [0.25, 0.3) is 0 Å². The van der Waals surface area contributed by atoms with Gasteiger partial charge in [-0.15, -0.1) is 0 Å². The molecule has 0 unspecified atom stereocenters. The van der Waals surface area contributed by atoms with Crippen LogP contribution in [0.1, 0.15) is 34.1 Å². The highest BCUT2D eigenvalue weighted by Gasteiger charge is 1.78. The van der Waals surface area contributed by atoms with Crippen molar-refractivity contribution in [3.63, 3.8) is 0 Å². The zero-order chi connectivity index (χ0) is 8.41. The van der Waals surface area contributed by atoms with E-state index in [0.29, 0.717) is 0 Å². The third kappa shape index (κ3) is 10.5. The summed E-state index contributed by atoms with van der Waals surface area (Å²) < 4.78 is 0. The number of nitrogens with zero attached hydrogens (tertiary/aromatic N) is 1. The van der Waals surface area contributed by atoms with E-state index >= 15 is 0 Å². The summed E-state index contributed by atoms with van der Waals surface area (Å²) in [5, 5.41) is 1.66. The minimum atomic E-state index is 0.872. The molecule has 0 radical (unpaired) electrons. The molecule has 0 aromatic carbocycles. The van der Waals surface area contributed by atoms with Crippen molar-refractivity contribution >= 4 is 0 Å². The maximum Gasteiger partial charge on any atom is 0.0306 e. The van der Waals surface area contributed by atoms with Crippen LogP contribution in [0.3, 0.4) is 0 Å². The second-order valence-electron chi connectivity index (χ2n) is 1.62. The van der Waals surface area contributed by atoms with Crippen LogP contribution in [0.5, 0.6) is 0 Å². The van der Waals surface area contributed by atoms with Crippen molar-refractivity contribution in [1.82, 2.24) is 5.01 Å². The Kier molecular flexibility index (Phi) is 13.8. The quantitative estimate of drug-likeness (QED) is 0.485. The van der Waals surface area contributed by atoms with E-state index in [1.807, 2.05) is 33.0 Å². The summed E-state index contributed by atoms with van der Waals surface area (Å²) in [7, 11) is 0. The van der Waals surface area contributed by atoms with Gasteiger partial charge in [0.05, 0.1) is 0 Å². The van der Waals surface area contributed by atoms with Gasteiger partial charge in [0.2, 0.25) is 0 Å². The Morgan fingerprint density at radius 3 is 2.10 bits per heavy atom. The molecular formula is C8H20N2. The molecule has 0 aliphatic heterocycles. The van der Waals surface area contributed by atoms with Gasteiger partial charge in [-0.3, -0.25) is 0 Å². The first-order valence-electron chi connectivity index (χ1n) is 3.99. The molecule has 0 saturated heterocycles. The summed E-state index contributed by atoms with van der Waals surface area (Å²) in [6.07, 6.45) is 4.97. The van der Waals surface area contributed by atoms with Crippen molar-refractivity contribution in [2.24, 2.45) is 5.84 Å². The van der Waals surface area contributed by atoms with E-state index in [1.54, 1.807) is 5.01 Å². The Labute approximate surface area is 64.7 Å². The molecule has 0 aromatic rings. The predicted molar refractivity (Wildman–Crippen MR) is 47.3 cm³/mol. The van der Waals surface area contributed by atoms with Gasteiger partial charge in [0, 0.05) is 12.7 Å². The molecule has 2 nitrogen and oxygen atoms in total. The van der Waals surface area contributed by atoms with Gasteiger partial charge in [0.1, 0.15) is 0 Å². The van der Waals surface area contributed by atoms with Crippen molar-refractivity contribution in [3.8, 4) is 0 Å². The van der Waals surface area contributed by atoms with Crippen molar-refractivity contribution < 1.29 is 0 Å². The monoisotopic (exact) mass is 144 g/mol. The van der Waals surface area contributed by atoms with Crippen LogP contribution in [0.2, 0.25) is 0 Å². The van der Waals surface area contributed by atoms with Gasteiger partial charge in [-0.2, -0.15) is 0 Å². The van der Waals surface area contributed by atoms with E-state index in [4.69, 9.17) is 5.84 Å². The highest BCUT2D eigenvalue weighted by Crippen LogP contribution is 1.81. The molecule has 0 fully saturated rings. The second-order valence-corrected chi connectivity index (χ2v) is 1.62. The molecule has 0 aromatic heterocycles. The van der Waals surface area contributed by atoms with Gasteiger partial charge < -0.3 is 5.01 Å². The molecule has 0 aliphatic rings. The molecule has 0 saturated carbocycles. The SMILES string of the molecule is CC.CC/C=C\N(N)CC. The maximum absolute atomic E-state index is 5.41. The maximum atomic E-state index is 5.41. The van der Waals surface area contributed by atoms with Crippen LogP contribution in [-0.4, -0.2) is 11.6 Å². The summed E-state index contributed by atoms with van der Waals surface area (Å²) in [6, 6.07) is 0. The Morgan fingerprint density at radius 2 is 1.80 bits per heavy atom. The molecule has 2 heteroatoms. The normalized spacial score (nSPS) is 8.90. The lowest BCUT2D eigenvalue weighted by Crippen LogP contribution is -2.23. The van der Waals surface area contributed by atoms with Gasteiger partial charge in [-0.05, 0) is 13.3 Å². The van der Waals surface area contributed by atoms with Crippen LogP contribution in [0, 0.1) is 0 Å². The fourth-order valence-corrected chi connectivity index (χ4v) is 0.346. The Hall–Kier alpha value is -0.500. The Bertz CT molecular complexity index is 69.7. The standard InChI is InChI=1S/C6H14N2.C2H6/c1-3-5-6-8(7)4-2;1-2/h5-6H,3-4,7H2,1-2H3;1-2H3/b6-5-;. The van der Waals surface area contributed by atoms with Crippen LogP contribution >= 0.6 is 0 Å². The fourth-order valence-electron chi connectivity index (χ4n) is 0.346. The summed E-state index contributed by atoms with van der Waals surface area (Å²) >= 11 is 0. The second kappa shape index (κ2) is 11.3. The van der Waals surface area contributed by atoms with E-state index in [2.05, 4.69) is 6.92 Å². The highest BCUT2D eigenvalue weighted by atomic mass is 15.4. The van der Waals surface area contributed by atoms with E-state index in [0.717, 1.165) is 13.0 Å². The third-order valence-electron chi connectivity index (χ3n) is 0.898. The average Bonchev–Trinajstić information content (AvgIpc) is 2.04. The van der Waals surface area contributed by atoms with Crippen LogP contribution < -0.4 is 5.84 Å². The molecule has 0 rings (SSSR count). The lowest BCUT2D eigenvalue weighted by Gasteiger charge is -2.07. The largest absolute Gasteiger partial charge is 0.319 e. The number of hydrogen-bond acceptors (Lipinski definition) is 2. The lowest BCUT2D eigenvalue weighted by molar-refractivity contribution is 0.415. The molecule has 0 aliphatic carbocycles. The van der Waals surface area contributed by atoms with E-state index in [9.17, 15) is 0 Å². The molecule has 0 amide bonds. The van der Waals surface area contributed by atoms with Crippen molar-refractivity contribution in [3.05, 3.63) is 12.3 Å². The van der Waals surface area contributed by atoms with E-state index in [-0.39, 0.29) is 0 Å². The zero-order valence-corrected chi connectivity index (χ0v) is 7.59. The van der Waals surface area contributed by atoms with Crippen molar-refractivity contribution in [2.75, 3.05) is 6.54 Å². The van der Waals surface area contributed by atoms with Crippen LogP contribution in [-0.2, 0) is 0 Å². The van der Waals surface area contributed by atoms with Crippen molar-refractivity contribution in [2.45, 2.75) is 34.1 Å². The molecule has 0 spiro atoms. The van der Waals surface area contributed by atoms with E-state index < -0.39 is 0 Å². The summed E-state index contributed by atoms with van der Waals surface area (Å²) in [5.74, 6) is 5.41. The fraction of sp³-hybridized carbons (Fsp3) is 0.750. The van der Waals surface area contributed by atoms with Gasteiger partial charge in [-0.1, -0.05) is 26.8 Å². The van der Waals surface area contributed by atoms with Crippen LogP contribution in [0.25, 0.3) is 0 Å². The Morgan fingerprint density at radius 1 is 1.30 bits per heavy atom. The number of nitrogens with two attached hydrogens (primary N) is 1. The third-order valence-corrected chi connectivity index (χ3v) is 0.898. The number of hydrogen-bond donors (Lipinski definition) is 1. The molecular weight excluding hydrogens is 124 g/mol. The number of allylic oxidation sites excluding steroid dienone is 1. The smallest absolute Gasteiger partial charge is 0.0306 e. The van der Waals surface area contributed by atoms with Gasteiger partial charge >= 0.3 is 0 Å². The minimum Gasteiger partial charge on any atom is -0.319 e.